The lowest BCUT2D eigenvalue weighted by molar-refractivity contribution is -0.142. The van der Waals surface area contributed by atoms with Crippen LogP contribution < -0.4 is 0 Å². The van der Waals surface area contributed by atoms with Crippen molar-refractivity contribution >= 4 is 22.7 Å². The third-order valence-electron chi connectivity index (χ3n) is 5.70. The number of carbonyl (C=O) groups excluding carboxylic acids is 2. The van der Waals surface area contributed by atoms with Crippen LogP contribution in [0, 0.1) is 6.92 Å². The first kappa shape index (κ1) is 17.1. The van der Waals surface area contributed by atoms with Gasteiger partial charge >= 0.3 is 0 Å². The van der Waals surface area contributed by atoms with Crippen LogP contribution in [0.3, 0.4) is 0 Å². The molecule has 2 aliphatic rings. The molecule has 0 saturated carbocycles. The Morgan fingerprint density at radius 1 is 1.08 bits per heavy atom. The Morgan fingerprint density at radius 2 is 1.77 bits per heavy atom. The Morgan fingerprint density at radius 3 is 2.46 bits per heavy atom. The summed E-state index contributed by atoms with van der Waals surface area (Å²) in [6.45, 7) is 4.96. The van der Waals surface area contributed by atoms with Gasteiger partial charge in [-0.15, -0.1) is 0 Å². The van der Waals surface area contributed by atoms with E-state index in [1.807, 2.05) is 48.0 Å². The van der Waals surface area contributed by atoms with Gasteiger partial charge in [-0.05, 0) is 25.8 Å². The van der Waals surface area contributed by atoms with Crippen LogP contribution in [0.4, 0.5) is 0 Å². The number of hydrogen-bond donors (Lipinski definition) is 0. The molecule has 0 radical (unpaired) electrons. The highest BCUT2D eigenvalue weighted by Gasteiger charge is 2.32. The second kappa shape index (κ2) is 6.76. The van der Waals surface area contributed by atoms with E-state index in [1.165, 1.54) is 0 Å². The van der Waals surface area contributed by atoms with Gasteiger partial charge in [-0.25, -0.2) is 0 Å². The van der Waals surface area contributed by atoms with Crippen molar-refractivity contribution in [3.63, 3.8) is 0 Å². The van der Waals surface area contributed by atoms with Crippen molar-refractivity contribution < 1.29 is 14.3 Å². The molecule has 26 heavy (non-hydrogen) atoms. The van der Waals surface area contributed by atoms with Crippen LogP contribution in [0.5, 0.6) is 0 Å². The highest BCUT2D eigenvalue weighted by atomic mass is 16.5. The van der Waals surface area contributed by atoms with Gasteiger partial charge in [0, 0.05) is 56.4 Å². The van der Waals surface area contributed by atoms with Crippen LogP contribution in [0.25, 0.3) is 10.9 Å². The first-order chi connectivity index (χ1) is 12.6. The molecule has 2 fully saturated rings. The molecule has 0 spiro atoms. The third kappa shape index (κ3) is 2.78. The molecule has 2 aromatic rings. The molecule has 138 valence electrons. The van der Waals surface area contributed by atoms with E-state index in [0.29, 0.717) is 32.8 Å². The quantitative estimate of drug-likeness (QED) is 0.827. The third-order valence-corrected chi connectivity index (χ3v) is 5.70. The minimum Gasteiger partial charge on any atom is -0.368 e. The number of ether oxygens (including phenoxy) is 1. The SMILES string of the molecule is Cc1c(C(=O)N2CCN(C(=O)C3CCCO3)CC2)c2ccccc2n1C. The molecule has 0 aliphatic carbocycles. The summed E-state index contributed by atoms with van der Waals surface area (Å²) in [6.07, 6.45) is 1.49. The zero-order valence-corrected chi connectivity index (χ0v) is 15.4. The van der Waals surface area contributed by atoms with Gasteiger partial charge in [0.05, 0.1) is 5.56 Å². The maximum absolute atomic E-state index is 13.2. The van der Waals surface area contributed by atoms with Gasteiger partial charge in [-0.2, -0.15) is 0 Å². The highest BCUT2D eigenvalue weighted by molar-refractivity contribution is 6.08. The molecule has 1 aromatic carbocycles. The lowest BCUT2D eigenvalue weighted by atomic mass is 10.1. The van der Waals surface area contributed by atoms with E-state index in [0.717, 1.165) is 35.0 Å². The van der Waals surface area contributed by atoms with E-state index in [-0.39, 0.29) is 17.9 Å². The molecule has 0 N–H and O–H groups in total. The first-order valence-corrected chi connectivity index (χ1v) is 9.31. The summed E-state index contributed by atoms with van der Waals surface area (Å²) in [4.78, 5) is 29.4. The van der Waals surface area contributed by atoms with Gasteiger partial charge in [-0.1, -0.05) is 18.2 Å². The molecular formula is C20H25N3O3. The maximum Gasteiger partial charge on any atom is 0.256 e. The van der Waals surface area contributed by atoms with E-state index in [9.17, 15) is 9.59 Å². The van der Waals surface area contributed by atoms with Crippen LogP contribution in [0.2, 0.25) is 0 Å². The molecule has 0 bridgehead atoms. The zero-order chi connectivity index (χ0) is 18.3. The number of aryl methyl sites for hydroxylation is 1. The summed E-state index contributed by atoms with van der Waals surface area (Å²) in [6, 6.07) is 8.01. The Bertz CT molecular complexity index is 843. The molecule has 1 unspecified atom stereocenters. The number of para-hydroxylation sites is 1. The van der Waals surface area contributed by atoms with Crippen LogP contribution >= 0.6 is 0 Å². The average Bonchev–Trinajstić information content (AvgIpc) is 3.29. The second-order valence-electron chi connectivity index (χ2n) is 7.16. The van der Waals surface area contributed by atoms with Crippen molar-refractivity contribution in [2.24, 2.45) is 7.05 Å². The maximum atomic E-state index is 13.2. The monoisotopic (exact) mass is 355 g/mol. The predicted molar refractivity (Wildman–Crippen MR) is 99.1 cm³/mol. The molecule has 2 aliphatic heterocycles. The van der Waals surface area contributed by atoms with E-state index in [1.54, 1.807) is 0 Å². The topological polar surface area (TPSA) is 54.8 Å². The fraction of sp³-hybridized carbons (Fsp3) is 0.500. The smallest absolute Gasteiger partial charge is 0.256 e. The van der Waals surface area contributed by atoms with Gasteiger partial charge in [0.2, 0.25) is 0 Å². The summed E-state index contributed by atoms with van der Waals surface area (Å²) in [5, 5.41) is 0.996. The van der Waals surface area contributed by atoms with E-state index < -0.39 is 0 Å². The van der Waals surface area contributed by atoms with E-state index >= 15 is 0 Å². The summed E-state index contributed by atoms with van der Waals surface area (Å²) < 4.78 is 7.57. The van der Waals surface area contributed by atoms with Gasteiger partial charge in [-0.3, -0.25) is 9.59 Å². The largest absolute Gasteiger partial charge is 0.368 e. The Hall–Kier alpha value is -2.34. The van der Waals surface area contributed by atoms with Crippen molar-refractivity contribution in [1.29, 1.82) is 0 Å². The van der Waals surface area contributed by atoms with E-state index in [4.69, 9.17) is 4.74 Å². The minimum absolute atomic E-state index is 0.0588. The van der Waals surface area contributed by atoms with E-state index in [2.05, 4.69) is 4.57 Å². The van der Waals surface area contributed by atoms with Crippen molar-refractivity contribution in [1.82, 2.24) is 14.4 Å². The summed E-state index contributed by atoms with van der Waals surface area (Å²) in [5.74, 6) is 0.138. The highest BCUT2D eigenvalue weighted by Crippen LogP contribution is 2.26. The van der Waals surface area contributed by atoms with Gasteiger partial charge in [0.15, 0.2) is 0 Å². The number of nitrogens with zero attached hydrogens (tertiary/aromatic N) is 3. The summed E-state index contributed by atoms with van der Waals surface area (Å²) in [5.41, 5.74) is 2.83. The Labute approximate surface area is 153 Å². The molecular weight excluding hydrogens is 330 g/mol. The molecule has 1 aromatic heterocycles. The number of aromatic nitrogens is 1. The van der Waals surface area contributed by atoms with Gasteiger partial charge in [0.1, 0.15) is 6.10 Å². The number of amides is 2. The van der Waals surface area contributed by atoms with Crippen molar-refractivity contribution in [2.45, 2.75) is 25.9 Å². The number of carbonyl (C=O) groups is 2. The number of benzene rings is 1. The minimum atomic E-state index is -0.280. The first-order valence-electron chi connectivity index (χ1n) is 9.31. The standard InChI is InChI=1S/C20H25N3O3/c1-14-18(15-6-3-4-7-16(15)21(14)2)20(25)23-11-9-22(10-12-23)19(24)17-8-5-13-26-17/h3-4,6-7,17H,5,8-13H2,1-2H3. The van der Waals surface area contributed by atoms with Crippen LogP contribution in [0.1, 0.15) is 28.9 Å². The molecule has 2 amide bonds. The number of piperazine rings is 1. The number of rotatable bonds is 2. The van der Waals surface area contributed by atoms with Crippen molar-refractivity contribution in [3.8, 4) is 0 Å². The molecule has 3 heterocycles. The molecule has 6 nitrogen and oxygen atoms in total. The van der Waals surface area contributed by atoms with Crippen LogP contribution in [-0.2, 0) is 16.6 Å². The number of hydrogen-bond acceptors (Lipinski definition) is 3. The Balaban J connectivity index is 1.49. The average molecular weight is 355 g/mol. The van der Waals surface area contributed by atoms with Crippen LogP contribution in [0.15, 0.2) is 24.3 Å². The lowest BCUT2D eigenvalue weighted by Crippen LogP contribution is -2.52. The fourth-order valence-electron chi connectivity index (χ4n) is 4.05. The number of fused-ring (bicyclic) bond motifs is 1. The lowest BCUT2D eigenvalue weighted by Gasteiger charge is -2.35. The predicted octanol–water partition coefficient (Wildman–Crippen LogP) is 1.95. The summed E-state index contributed by atoms with van der Waals surface area (Å²) >= 11 is 0. The van der Waals surface area contributed by atoms with Crippen LogP contribution in [-0.4, -0.2) is 65.1 Å². The molecule has 6 heteroatoms. The zero-order valence-electron chi connectivity index (χ0n) is 15.4. The second-order valence-corrected chi connectivity index (χ2v) is 7.16. The fourth-order valence-corrected chi connectivity index (χ4v) is 4.05. The Kier molecular flexibility index (Phi) is 4.44. The van der Waals surface area contributed by atoms with Crippen molar-refractivity contribution in [3.05, 3.63) is 35.5 Å². The molecule has 4 rings (SSSR count). The summed E-state index contributed by atoms with van der Waals surface area (Å²) in [7, 11) is 1.99. The molecule has 1 atom stereocenters. The van der Waals surface area contributed by atoms with Gasteiger partial charge < -0.3 is 19.1 Å². The molecule has 2 saturated heterocycles. The van der Waals surface area contributed by atoms with Gasteiger partial charge in [0.25, 0.3) is 11.8 Å². The normalized spacial score (nSPS) is 20.8. The van der Waals surface area contributed by atoms with Crippen molar-refractivity contribution in [2.75, 3.05) is 32.8 Å².